The Kier molecular flexibility index (Phi) is 4.68. The Morgan fingerprint density at radius 3 is 2.45 bits per heavy atom. The lowest BCUT2D eigenvalue weighted by Crippen LogP contribution is -2.47. The molecule has 0 aromatic carbocycles. The number of piperidine rings is 1. The smallest absolute Gasteiger partial charge is 0.335 e. The molecule has 0 radical (unpaired) electrons. The van der Waals surface area contributed by atoms with Crippen molar-refractivity contribution in [2.75, 3.05) is 25.0 Å². The van der Waals surface area contributed by atoms with Gasteiger partial charge in [0.1, 0.15) is 0 Å². The van der Waals surface area contributed by atoms with Gasteiger partial charge < -0.3 is 9.80 Å². The van der Waals surface area contributed by atoms with E-state index in [9.17, 15) is 22.8 Å². The summed E-state index contributed by atoms with van der Waals surface area (Å²) in [6.07, 6.45) is -1.27. The second kappa shape index (κ2) is 6.33. The summed E-state index contributed by atoms with van der Waals surface area (Å²) < 4.78 is 37.1. The summed E-state index contributed by atoms with van der Waals surface area (Å²) in [7, 11) is 1.60. The van der Waals surface area contributed by atoms with Crippen LogP contribution >= 0.6 is 0 Å². The molecule has 22 heavy (non-hydrogen) atoms. The molecule has 1 aromatic heterocycles. The highest BCUT2D eigenvalue weighted by Crippen LogP contribution is 2.25. The van der Waals surface area contributed by atoms with Crippen LogP contribution in [0.15, 0.2) is 24.5 Å². The summed E-state index contributed by atoms with van der Waals surface area (Å²) in [5, 5.41) is 0. The van der Waals surface area contributed by atoms with E-state index < -0.39 is 12.1 Å². The number of anilines is 1. The molecule has 5 nitrogen and oxygen atoms in total. The molecule has 8 heteroatoms. The normalized spacial score (nSPS) is 16.5. The van der Waals surface area contributed by atoms with E-state index in [1.165, 1.54) is 4.90 Å². The average molecular weight is 315 g/mol. The van der Waals surface area contributed by atoms with Crippen LogP contribution in [0.3, 0.4) is 0 Å². The number of rotatable bonds is 2. The molecular formula is C14H16F3N3O2. The van der Waals surface area contributed by atoms with Gasteiger partial charge in [-0.3, -0.25) is 14.6 Å². The number of pyridine rings is 1. The van der Waals surface area contributed by atoms with Crippen LogP contribution in [0, 0.1) is 5.92 Å². The van der Waals surface area contributed by atoms with E-state index >= 15 is 0 Å². The minimum absolute atomic E-state index is 0.0599. The fraction of sp³-hybridized carbons (Fsp3) is 0.500. The van der Waals surface area contributed by atoms with Crippen LogP contribution in [0.5, 0.6) is 0 Å². The number of carbonyl (C=O) groups excluding carboxylic acids is 2. The molecule has 1 aromatic rings. The van der Waals surface area contributed by atoms with Gasteiger partial charge in [-0.05, 0) is 25.0 Å². The Morgan fingerprint density at radius 2 is 1.95 bits per heavy atom. The Balaban J connectivity index is 1.94. The average Bonchev–Trinajstić information content (AvgIpc) is 2.53. The van der Waals surface area contributed by atoms with E-state index in [0.717, 1.165) is 4.90 Å². The van der Waals surface area contributed by atoms with Gasteiger partial charge in [0.15, 0.2) is 0 Å². The van der Waals surface area contributed by atoms with Crippen molar-refractivity contribution in [3.8, 4) is 0 Å². The van der Waals surface area contributed by atoms with Gasteiger partial charge in [-0.2, -0.15) is 13.2 Å². The van der Waals surface area contributed by atoms with Crippen LogP contribution < -0.4 is 4.90 Å². The van der Waals surface area contributed by atoms with Crippen molar-refractivity contribution in [2.45, 2.75) is 19.0 Å². The SMILES string of the molecule is CN(C(=O)C1CCN(C(=O)C(F)(F)F)CC1)c1cccnc1. The second-order valence-electron chi connectivity index (χ2n) is 5.17. The number of hydrogen-bond acceptors (Lipinski definition) is 3. The van der Waals surface area contributed by atoms with Crippen LogP contribution in [0.4, 0.5) is 18.9 Å². The quantitative estimate of drug-likeness (QED) is 0.837. The van der Waals surface area contributed by atoms with E-state index in [1.54, 1.807) is 31.6 Å². The number of alkyl halides is 3. The van der Waals surface area contributed by atoms with Crippen molar-refractivity contribution in [3.05, 3.63) is 24.5 Å². The van der Waals surface area contributed by atoms with Crippen molar-refractivity contribution in [3.63, 3.8) is 0 Å². The third-order valence-corrected chi connectivity index (χ3v) is 3.74. The van der Waals surface area contributed by atoms with Gasteiger partial charge >= 0.3 is 12.1 Å². The Bertz CT molecular complexity index is 540. The molecule has 1 aliphatic rings. The molecule has 2 rings (SSSR count). The predicted molar refractivity (Wildman–Crippen MR) is 73.0 cm³/mol. The molecule has 120 valence electrons. The highest BCUT2D eigenvalue weighted by molar-refractivity contribution is 5.94. The monoisotopic (exact) mass is 315 g/mol. The van der Waals surface area contributed by atoms with E-state index in [4.69, 9.17) is 0 Å². The second-order valence-corrected chi connectivity index (χ2v) is 5.17. The number of carbonyl (C=O) groups is 2. The van der Waals surface area contributed by atoms with E-state index in [1.807, 2.05) is 0 Å². The summed E-state index contributed by atoms with van der Waals surface area (Å²) in [6, 6.07) is 3.43. The molecule has 1 aliphatic heterocycles. The molecule has 1 fully saturated rings. The zero-order valence-electron chi connectivity index (χ0n) is 12.0. The summed E-state index contributed by atoms with van der Waals surface area (Å²) >= 11 is 0. The molecule has 0 saturated carbocycles. The van der Waals surface area contributed by atoms with Gasteiger partial charge in [0.2, 0.25) is 5.91 Å². The number of amides is 2. The van der Waals surface area contributed by atoms with Crippen molar-refractivity contribution in [2.24, 2.45) is 5.92 Å². The Hall–Kier alpha value is -2.12. The van der Waals surface area contributed by atoms with Crippen LogP contribution in [-0.2, 0) is 9.59 Å². The van der Waals surface area contributed by atoms with E-state index in [-0.39, 0.29) is 37.8 Å². The molecule has 2 heterocycles. The van der Waals surface area contributed by atoms with E-state index in [0.29, 0.717) is 5.69 Å². The predicted octanol–water partition coefficient (Wildman–Crippen LogP) is 1.85. The molecule has 0 atom stereocenters. The van der Waals surface area contributed by atoms with Gasteiger partial charge in [0.05, 0.1) is 11.9 Å². The number of likely N-dealkylation sites (tertiary alicyclic amines) is 1. The summed E-state index contributed by atoms with van der Waals surface area (Å²) in [6.45, 7) is -0.120. The fourth-order valence-corrected chi connectivity index (χ4v) is 2.46. The van der Waals surface area contributed by atoms with Gasteiger partial charge in [-0.25, -0.2) is 0 Å². The molecular weight excluding hydrogens is 299 g/mol. The van der Waals surface area contributed by atoms with E-state index in [2.05, 4.69) is 4.98 Å². The zero-order valence-corrected chi connectivity index (χ0v) is 12.0. The van der Waals surface area contributed by atoms with Crippen molar-refractivity contribution >= 4 is 17.5 Å². The number of halogens is 3. The summed E-state index contributed by atoms with van der Waals surface area (Å²) in [5.74, 6) is -2.39. The topological polar surface area (TPSA) is 53.5 Å². The molecule has 0 N–H and O–H groups in total. The van der Waals surface area contributed by atoms with Crippen molar-refractivity contribution < 1.29 is 22.8 Å². The standard InChI is InChI=1S/C14H16F3N3O2/c1-19(11-3-2-6-18-9-11)12(21)10-4-7-20(8-5-10)13(22)14(15,16)17/h2-3,6,9-10H,4-5,7-8H2,1H3. The maximum absolute atomic E-state index is 12.4. The van der Waals surface area contributed by atoms with Gasteiger partial charge in [-0.1, -0.05) is 0 Å². The lowest BCUT2D eigenvalue weighted by molar-refractivity contribution is -0.186. The number of aromatic nitrogens is 1. The van der Waals surface area contributed by atoms with Crippen LogP contribution in [-0.4, -0.2) is 48.0 Å². The maximum Gasteiger partial charge on any atom is 0.471 e. The molecule has 0 bridgehead atoms. The first-order valence-electron chi connectivity index (χ1n) is 6.84. The van der Waals surface area contributed by atoms with Gasteiger partial charge in [0.25, 0.3) is 0 Å². The minimum Gasteiger partial charge on any atom is -0.335 e. The first-order chi connectivity index (χ1) is 10.3. The number of hydrogen-bond donors (Lipinski definition) is 0. The first kappa shape index (κ1) is 16.3. The lowest BCUT2D eigenvalue weighted by Gasteiger charge is -2.33. The summed E-state index contributed by atoms with van der Waals surface area (Å²) in [5.41, 5.74) is 0.626. The van der Waals surface area contributed by atoms with Gasteiger partial charge in [0, 0.05) is 32.3 Å². The maximum atomic E-state index is 12.4. The first-order valence-corrected chi connectivity index (χ1v) is 6.84. The molecule has 2 amide bonds. The lowest BCUT2D eigenvalue weighted by atomic mass is 9.95. The van der Waals surface area contributed by atoms with Gasteiger partial charge in [-0.15, -0.1) is 0 Å². The van der Waals surface area contributed by atoms with Crippen molar-refractivity contribution in [1.82, 2.24) is 9.88 Å². The third-order valence-electron chi connectivity index (χ3n) is 3.74. The highest BCUT2D eigenvalue weighted by Gasteiger charge is 2.43. The fourth-order valence-electron chi connectivity index (χ4n) is 2.46. The Labute approximate surface area is 125 Å². The van der Waals surface area contributed by atoms with Crippen LogP contribution in [0.25, 0.3) is 0 Å². The largest absolute Gasteiger partial charge is 0.471 e. The number of nitrogens with zero attached hydrogens (tertiary/aromatic N) is 3. The summed E-state index contributed by atoms with van der Waals surface area (Å²) in [4.78, 5) is 29.6. The highest BCUT2D eigenvalue weighted by atomic mass is 19.4. The Morgan fingerprint density at radius 1 is 1.32 bits per heavy atom. The molecule has 0 unspecified atom stereocenters. The van der Waals surface area contributed by atoms with Crippen LogP contribution in [0.2, 0.25) is 0 Å². The molecule has 1 saturated heterocycles. The molecule has 0 spiro atoms. The third kappa shape index (κ3) is 3.55. The van der Waals surface area contributed by atoms with Crippen molar-refractivity contribution in [1.29, 1.82) is 0 Å². The van der Waals surface area contributed by atoms with Crippen LogP contribution in [0.1, 0.15) is 12.8 Å². The zero-order chi connectivity index (χ0) is 16.3. The molecule has 0 aliphatic carbocycles. The minimum atomic E-state index is -4.86.